The molecule has 0 radical (unpaired) electrons. The summed E-state index contributed by atoms with van der Waals surface area (Å²) >= 11 is 0. The molecule has 0 heterocycles. The molecular formula is C21H42NO5+. The van der Waals surface area contributed by atoms with Crippen molar-refractivity contribution in [3.63, 3.8) is 0 Å². The minimum absolute atomic E-state index is 0.0559. The highest BCUT2D eigenvalue weighted by molar-refractivity contribution is 5.83. The molecule has 1 unspecified atom stereocenters. The van der Waals surface area contributed by atoms with Crippen LogP contribution in [0.3, 0.4) is 0 Å². The van der Waals surface area contributed by atoms with Gasteiger partial charge in [0.25, 0.3) is 0 Å². The quantitative estimate of drug-likeness (QED) is 0.243. The van der Waals surface area contributed by atoms with Gasteiger partial charge >= 0.3 is 11.9 Å². The van der Waals surface area contributed by atoms with E-state index in [0.29, 0.717) is 6.54 Å². The first-order chi connectivity index (χ1) is 12.7. The van der Waals surface area contributed by atoms with Gasteiger partial charge in [-0.25, -0.2) is 4.79 Å². The fourth-order valence-corrected chi connectivity index (χ4v) is 3.87. The van der Waals surface area contributed by atoms with Crippen LogP contribution in [0.25, 0.3) is 0 Å². The fraction of sp³-hybridized carbons (Fsp3) is 0.905. The molecule has 0 fully saturated rings. The van der Waals surface area contributed by atoms with Gasteiger partial charge in [-0.05, 0) is 12.8 Å². The van der Waals surface area contributed by atoms with Crippen LogP contribution in [-0.2, 0) is 9.59 Å². The number of hydrogen-bond acceptors (Lipinski definition) is 3. The summed E-state index contributed by atoms with van der Waals surface area (Å²) in [6, 6.07) is 0. The topological polar surface area (TPSA) is 94.8 Å². The van der Waals surface area contributed by atoms with Crippen LogP contribution in [0.1, 0.15) is 90.4 Å². The summed E-state index contributed by atoms with van der Waals surface area (Å²) in [7, 11) is 3.53. The number of hydrogen-bond donors (Lipinski definition) is 3. The standard InChI is InChI=1S/C21H41NO5/c1-4-5-6-7-8-9-10-11-12-13-14-16-22(2,3)21(15-17-23,20(26)27)18-19(24)25/h23H,4-18H2,1-3H3,(H-,24,25,26,27)/p+1. The highest BCUT2D eigenvalue weighted by atomic mass is 16.4. The second kappa shape index (κ2) is 13.9. The number of nitrogens with zero attached hydrogens (tertiary/aromatic N) is 1. The molecule has 0 saturated carbocycles. The molecule has 0 amide bonds. The molecule has 1 atom stereocenters. The van der Waals surface area contributed by atoms with Crippen molar-refractivity contribution in [1.29, 1.82) is 0 Å². The molecule has 27 heavy (non-hydrogen) atoms. The predicted molar refractivity (Wildman–Crippen MR) is 108 cm³/mol. The molecule has 0 saturated heterocycles. The van der Waals surface area contributed by atoms with E-state index < -0.39 is 23.9 Å². The third-order valence-electron chi connectivity index (χ3n) is 5.85. The van der Waals surface area contributed by atoms with Gasteiger partial charge < -0.3 is 19.8 Å². The lowest BCUT2D eigenvalue weighted by Crippen LogP contribution is -2.65. The number of rotatable bonds is 18. The highest BCUT2D eigenvalue weighted by Gasteiger charge is 2.53. The maximum Gasteiger partial charge on any atom is 0.366 e. The van der Waals surface area contributed by atoms with Gasteiger partial charge in [-0.2, -0.15) is 0 Å². The van der Waals surface area contributed by atoms with Crippen molar-refractivity contribution in [1.82, 2.24) is 0 Å². The largest absolute Gasteiger partial charge is 0.481 e. The number of aliphatic carboxylic acids is 2. The molecule has 0 aliphatic carbocycles. The van der Waals surface area contributed by atoms with Gasteiger partial charge in [0.15, 0.2) is 0 Å². The Morgan fingerprint density at radius 2 is 1.26 bits per heavy atom. The second-order valence-corrected chi connectivity index (χ2v) is 8.32. The summed E-state index contributed by atoms with van der Waals surface area (Å²) in [5.74, 6) is -2.29. The van der Waals surface area contributed by atoms with E-state index in [9.17, 15) is 24.9 Å². The Morgan fingerprint density at radius 1 is 0.815 bits per heavy atom. The lowest BCUT2D eigenvalue weighted by Gasteiger charge is -2.45. The van der Waals surface area contributed by atoms with Crippen LogP contribution in [0.2, 0.25) is 0 Å². The number of likely N-dealkylation sites (N-methyl/N-ethyl adjacent to an activating group) is 1. The van der Waals surface area contributed by atoms with Crippen LogP contribution in [-0.4, -0.2) is 64.5 Å². The molecule has 0 aliphatic heterocycles. The Balaban J connectivity index is 4.28. The Morgan fingerprint density at radius 3 is 1.63 bits per heavy atom. The van der Waals surface area contributed by atoms with E-state index in [2.05, 4.69) is 6.92 Å². The minimum Gasteiger partial charge on any atom is -0.481 e. The molecule has 0 aromatic carbocycles. The molecule has 6 nitrogen and oxygen atoms in total. The third-order valence-corrected chi connectivity index (χ3v) is 5.85. The molecule has 160 valence electrons. The molecule has 3 N–H and O–H groups in total. The van der Waals surface area contributed by atoms with Crippen molar-refractivity contribution in [2.45, 2.75) is 95.9 Å². The lowest BCUT2D eigenvalue weighted by atomic mass is 9.87. The first kappa shape index (κ1) is 25.9. The van der Waals surface area contributed by atoms with Crippen LogP contribution in [0, 0.1) is 0 Å². The maximum absolute atomic E-state index is 11.9. The van der Waals surface area contributed by atoms with Crippen molar-refractivity contribution >= 4 is 11.9 Å². The lowest BCUT2D eigenvalue weighted by molar-refractivity contribution is -0.932. The summed E-state index contributed by atoms with van der Waals surface area (Å²) in [5, 5.41) is 28.2. The average molecular weight is 389 g/mol. The number of aliphatic hydroxyl groups excluding tert-OH is 1. The molecule has 0 rings (SSSR count). The van der Waals surface area contributed by atoms with E-state index in [4.69, 9.17) is 0 Å². The summed E-state index contributed by atoms with van der Waals surface area (Å²) in [5.41, 5.74) is -1.49. The number of unbranched alkanes of at least 4 members (excludes halogenated alkanes) is 10. The van der Waals surface area contributed by atoms with Crippen LogP contribution in [0.4, 0.5) is 0 Å². The summed E-state index contributed by atoms with van der Waals surface area (Å²) in [6.07, 6.45) is 12.9. The van der Waals surface area contributed by atoms with Crippen LogP contribution in [0.15, 0.2) is 0 Å². The van der Waals surface area contributed by atoms with Crippen molar-refractivity contribution in [3.05, 3.63) is 0 Å². The van der Waals surface area contributed by atoms with E-state index in [-0.39, 0.29) is 17.5 Å². The van der Waals surface area contributed by atoms with Crippen LogP contribution >= 0.6 is 0 Å². The van der Waals surface area contributed by atoms with Gasteiger partial charge in [-0.1, -0.05) is 64.7 Å². The number of carboxylic acids is 2. The molecule has 0 spiro atoms. The van der Waals surface area contributed by atoms with Gasteiger partial charge in [0.1, 0.15) is 6.42 Å². The SMILES string of the molecule is CCCCCCCCCCCCC[N+](C)(C)C(CCO)(CC(=O)O)C(=O)O. The normalized spacial score (nSPS) is 14.1. The van der Waals surface area contributed by atoms with Crippen LogP contribution in [0.5, 0.6) is 0 Å². The Kier molecular flexibility index (Phi) is 13.4. The molecule has 0 bridgehead atoms. The van der Waals surface area contributed by atoms with E-state index in [1.807, 2.05) is 0 Å². The molecule has 6 heteroatoms. The van der Waals surface area contributed by atoms with Crippen LogP contribution < -0.4 is 0 Å². The Labute approximate surface area is 165 Å². The Hall–Kier alpha value is -1.14. The van der Waals surface area contributed by atoms with E-state index in [1.165, 1.54) is 51.4 Å². The summed E-state index contributed by atoms with van der Waals surface area (Å²) < 4.78 is 0.0760. The number of carboxylic acid groups (broad SMARTS) is 2. The van der Waals surface area contributed by atoms with Gasteiger partial charge in [0, 0.05) is 13.0 Å². The monoisotopic (exact) mass is 388 g/mol. The Bertz CT molecular complexity index is 425. The first-order valence-electron chi connectivity index (χ1n) is 10.6. The average Bonchev–Trinajstić information content (AvgIpc) is 2.58. The fourth-order valence-electron chi connectivity index (χ4n) is 3.87. The van der Waals surface area contributed by atoms with Gasteiger partial charge in [-0.15, -0.1) is 0 Å². The van der Waals surface area contributed by atoms with E-state index >= 15 is 0 Å². The first-order valence-corrected chi connectivity index (χ1v) is 10.6. The summed E-state index contributed by atoms with van der Waals surface area (Å²) in [4.78, 5) is 23.2. The zero-order chi connectivity index (χ0) is 20.8. The van der Waals surface area contributed by atoms with Gasteiger partial charge in [0.05, 0.1) is 20.6 Å². The second-order valence-electron chi connectivity index (χ2n) is 8.32. The van der Waals surface area contributed by atoms with Crippen molar-refractivity contribution < 1.29 is 29.4 Å². The molecule has 0 aromatic heterocycles. The van der Waals surface area contributed by atoms with E-state index in [1.54, 1.807) is 14.1 Å². The van der Waals surface area contributed by atoms with Crippen molar-refractivity contribution in [3.8, 4) is 0 Å². The van der Waals surface area contributed by atoms with Gasteiger partial charge in [0.2, 0.25) is 5.54 Å². The van der Waals surface area contributed by atoms with Crippen molar-refractivity contribution in [2.24, 2.45) is 0 Å². The predicted octanol–water partition coefficient (Wildman–Crippen LogP) is 4.05. The smallest absolute Gasteiger partial charge is 0.366 e. The summed E-state index contributed by atoms with van der Waals surface area (Å²) in [6.45, 7) is 2.49. The highest BCUT2D eigenvalue weighted by Crippen LogP contribution is 2.30. The van der Waals surface area contributed by atoms with Crippen molar-refractivity contribution in [2.75, 3.05) is 27.2 Å². The van der Waals surface area contributed by atoms with Gasteiger partial charge in [-0.3, -0.25) is 4.79 Å². The molecule has 0 aromatic rings. The zero-order valence-electron chi connectivity index (χ0n) is 17.7. The van der Waals surface area contributed by atoms with E-state index in [0.717, 1.165) is 19.3 Å². The third kappa shape index (κ3) is 9.56. The number of quaternary nitrogens is 1. The molecule has 0 aliphatic rings. The zero-order valence-corrected chi connectivity index (χ0v) is 17.7. The minimum atomic E-state index is -1.49. The number of aliphatic hydroxyl groups is 1. The molecular weight excluding hydrogens is 346 g/mol. The number of carbonyl (C=O) groups is 2. The maximum atomic E-state index is 11.9.